The Morgan fingerprint density at radius 1 is 0.266 bits per heavy atom. The summed E-state index contributed by atoms with van der Waals surface area (Å²) in [5.41, 5.74) is 0. The van der Waals surface area contributed by atoms with Crippen LogP contribution in [0.3, 0.4) is 0 Å². The second-order valence-corrected chi connectivity index (χ2v) is 21.6. The van der Waals surface area contributed by atoms with Gasteiger partial charge in [0.25, 0.3) is 0 Å². The minimum Gasteiger partial charge on any atom is -0.462 e. The highest BCUT2D eigenvalue weighted by molar-refractivity contribution is 5.71. The van der Waals surface area contributed by atoms with Gasteiger partial charge in [-0.3, -0.25) is 14.4 Å². The van der Waals surface area contributed by atoms with Gasteiger partial charge in [0.2, 0.25) is 0 Å². The van der Waals surface area contributed by atoms with Crippen LogP contribution in [0, 0.1) is 0 Å². The number of ether oxygens (including phenoxy) is 3. The minimum absolute atomic E-state index is 0.0926. The fourth-order valence-corrected chi connectivity index (χ4v) is 8.99. The van der Waals surface area contributed by atoms with Gasteiger partial charge in [-0.25, -0.2) is 0 Å². The molecule has 0 rings (SSSR count). The summed E-state index contributed by atoms with van der Waals surface area (Å²) in [5.74, 6) is -0.916. The van der Waals surface area contributed by atoms with E-state index in [-0.39, 0.29) is 31.1 Å². The van der Waals surface area contributed by atoms with Gasteiger partial charge in [-0.05, 0) is 128 Å². The number of rotatable bonds is 59. The average Bonchev–Trinajstić information content (AvgIpc) is 3.45. The van der Waals surface area contributed by atoms with Crippen LogP contribution in [0.2, 0.25) is 0 Å². The maximum atomic E-state index is 12.9. The van der Waals surface area contributed by atoms with Crippen molar-refractivity contribution in [2.24, 2.45) is 0 Å². The Bertz CT molecular complexity index is 1640. The molecule has 6 nitrogen and oxygen atoms in total. The van der Waals surface area contributed by atoms with Crippen LogP contribution in [0.25, 0.3) is 0 Å². The van der Waals surface area contributed by atoms with Crippen molar-refractivity contribution in [3.05, 3.63) is 122 Å². The summed E-state index contributed by atoms with van der Waals surface area (Å²) < 4.78 is 16.9. The number of hydrogen-bond donors (Lipinski definition) is 0. The van der Waals surface area contributed by atoms with Crippen LogP contribution in [0.4, 0.5) is 0 Å². The Morgan fingerprint density at radius 3 is 0.823 bits per heavy atom. The molecule has 0 aliphatic rings. The van der Waals surface area contributed by atoms with Crippen LogP contribution in [-0.2, 0) is 28.6 Å². The fraction of sp³-hybridized carbons (Fsp3) is 0.685. The molecule has 0 heterocycles. The Morgan fingerprint density at radius 2 is 0.519 bits per heavy atom. The third-order valence-electron chi connectivity index (χ3n) is 13.9. The molecule has 1 unspecified atom stereocenters. The van der Waals surface area contributed by atoms with Crippen LogP contribution in [0.5, 0.6) is 0 Å². The topological polar surface area (TPSA) is 78.9 Å². The molecular formula is C73H122O6. The zero-order valence-corrected chi connectivity index (χ0v) is 51.6. The van der Waals surface area contributed by atoms with Gasteiger partial charge in [-0.2, -0.15) is 0 Å². The maximum absolute atomic E-state index is 12.9. The third-order valence-corrected chi connectivity index (χ3v) is 13.9. The van der Waals surface area contributed by atoms with E-state index >= 15 is 0 Å². The number of hydrogen-bond acceptors (Lipinski definition) is 6. The van der Waals surface area contributed by atoms with Gasteiger partial charge in [0.05, 0.1) is 0 Å². The molecule has 450 valence electrons. The molecular weight excluding hydrogens is 973 g/mol. The molecule has 0 aromatic carbocycles. The average molecular weight is 1100 g/mol. The van der Waals surface area contributed by atoms with E-state index in [2.05, 4.69) is 142 Å². The first-order valence-electron chi connectivity index (χ1n) is 33.0. The lowest BCUT2D eigenvalue weighted by Gasteiger charge is -2.18. The Balaban J connectivity index is 4.38. The van der Waals surface area contributed by atoms with Gasteiger partial charge in [-0.15, -0.1) is 0 Å². The molecule has 0 aliphatic heterocycles. The van der Waals surface area contributed by atoms with E-state index in [1.165, 1.54) is 116 Å². The molecule has 0 radical (unpaired) electrons. The predicted octanol–water partition coefficient (Wildman–Crippen LogP) is 22.8. The molecule has 0 fully saturated rings. The van der Waals surface area contributed by atoms with Crippen molar-refractivity contribution >= 4 is 17.9 Å². The van der Waals surface area contributed by atoms with E-state index in [1.807, 2.05) is 0 Å². The van der Waals surface area contributed by atoms with Crippen molar-refractivity contribution in [2.45, 2.75) is 309 Å². The van der Waals surface area contributed by atoms with Gasteiger partial charge < -0.3 is 14.2 Å². The Hall–Kier alpha value is -4.19. The molecule has 0 aromatic rings. The zero-order chi connectivity index (χ0) is 57.1. The normalized spacial score (nSPS) is 12.9. The van der Waals surface area contributed by atoms with E-state index in [1.54, 1.807) is 0 Å². The van der Waals surface area contributed by atoms with Crippen LogP contribution < -0.4 is 0 Å². The smallest absolute Gasteiger partial charge is 0.306 e. The lowest BCUT2D eigenvalue weighted by atomic mass is 10.0. The quantitative estimate of drug-likeness (QED) is 0.0261. The van der Waals surface area contributed by atoms with Crippen LogP contribution >= 0.6 is 0 Å². The van der Waals surface area contributed by atoms with Crippen LogP contribution in [0.15, 0.2) is 122 Å². The van der Waals surface area contributed by atoms with Crippen molar-refractivity contribution in [3.63, 3.8) is 0 Å². The van der Waals surface area contributed by atoms with Crippen molar-refractivity contribution in [1.29, 1.82) is 0 Å². The lowest BCUT2D eigenvalue weighted by molar-refractivity contribution is -0.167. The van der Waals surface area contributed by atoms with Gasteiger partial charge in [0, 0.05) is 19.3 Å². The molecule has 0 saturated heterocycles. The summed E-state index contributed by atoms with van der Waals surface area (Å²) >= 11 is 0. The van der Waals surface area contributed by atoms with Crippen molar-refractivity contribution < 1.29 is 28.6 Å². The SMILES string of the molecule is CC/C=C\C/C=C\C/C=C\C/C=C\C/C=C\C/C=C\CCCCCCCCC(=O)OCC(COC(=O)CCCCCCC/C=C\C/C=C\CCC)OC(=O)CCCCCCCCCCCCC/C=C\C/C=C\CCCCCCC. The van der Waals surface area contributed by atoms with E-state index in [9.17, 15) is 14.4 Å². The maximum Gasteiger partial charge on any atom is 0.306 e. The van der Waals surface area contributed by atoms with Gasteiger partial charge >= 0.3 is 17.9 Å². The van der Waals surface area contributed by atoms with E-state index in [0.717, 1.165) is 148 Å². The molecule has 0 bridgehead atoms. The summed E-state index contributed by atoms with van der Waals surface area (Å²) in [5, 5.41) is 0. The molecule has 0 amide bonds. The van der Waals surface area contributed by atoms with Crippen LogP contribution in [-0.4, -0.2) is 37.2 Å². The number of unbranched alkanes of at least 4 members (excludes halogenated alkanes) is 28. The monoisotopic (exact) mass is 1090 g/mol. The van der Waals surface area contributed by atoms with Crippen molar-refractivity contribution in [3.8, 4) is 0 Å². The van der Waals surface area contributed by atoms with Crippen molar-refractivity contribution in [1.82, 2.24) is 0 Å². The Kier molecular flexibility index (Phi) is 62.8. The standard InChI is InChI=1S/C73H122O6/c1-4-7-10-13-16-19-22-25-27-29-31-33-35-36-38-39-41-43-45-48-51-54-57-60-63-66-72(75)78-69-70(68-77-71(74)65-62-59-56-53-50-47-24-21-18-15-12-9-6-3)79-73(76)67-64-61-58-55-52-49-46-44-42-40-37-34-32-30-28-26-23-20-17-14-11-8-5-2/h7,10,12,15-16,19,21,23-27,30-33,36,38,41,43,70H,4-6,8-9,11,13-14,17-18,20,22,28-29,34-35,37,39-40,42,44-69H2,1-3H3/b10-7-,15-12-,19-16-,24-21-,26-23-,27-25-,32-30-,33-31-,38-36-,43-41-. The highest BCUT2D eigenvalue weighted by atomic mass is 16.6. The summed E-state index contributed by atoms with van der Waals surface area (Å²) in [6.45, 7) is 6.44. The molecule has 0 aromatic heterocycles. The summed E-state index contributed by atoms with van der Waals surface area (Å²) in [6, 6.07) is 0. The number of esters is 3. The molecule has 0 aliphatic carbocycles. The van der Waals surface area contributed by atoms with Crippen LogP contribution in [0.1, 0.15) is 303 Å². The van der Waals surface area contributed by atoms with Crippen molar-refractivity contribution in [2.75, 3.05) is 13.2 Å². The summed E-state index contributed by atoms with van der Waals surface area (Å²) in [4.78, 5) is 38.4. The fourth-order valence-electron chi connectivity index (χ4n) is 8.99. The minimum atomic E-state index is -0.796. The van der Waals surface area contributed by atoms with Gasteiger partial charge in [-0.1, -0.05) is 277 Å². The highest BCUT2D eigenvalue weighted by Gasteiger charge is 2.19. The van der Waals surface area contributed by atoms with E-state index < -0.39 is 6.10 Å². The van der Waals surface area contributed by atoms with E-state index in [4.69, 9.17) is 14.2 Å². The molecule has 1 atom stereocenters. The van der Waals surface area contributed by atoms with Gasteiger partial charge in [0.15, 0.2) is 6.10 Å². The largest absolute Gasteiger partial charge is 0.462 e. The lowest BCUT2D eigenvalue weighted by Crippen LogP contribution is -2.30. The van der Waals surface area contributed by atoms with E-state index in [0.29, 0.717) is 19.3 Å². The molecule has 0 saturated carbocycles. The first kappa shape index (κ1) is 74.8. The second kappa shape index (κ2) is 66.3. The summed E-state index contributed by atoms with van der Waals surface area (Å²) in [7, 11) is 0. The third kappa shape index (κ3) is 64.5. The molecule has 0 N–H and O–H groups in total. The number of allylic oxidation sites excluding steroid dienone is 20. The second-order valence-electron chi connectivity index (χ2n) is 21.6. The first-order valence-corrected chi connectivity index (χ1v) is 33.0. The highest BCUT2D eigenvalue weighted by Crippen LogP contribution is 2.16. The first-order chi connectivity index (χ1) is 39.0. The zero-order valence-electron chi connectivity index (χ0n) is 51.6. The molecule has 79 heavy (non-hydrogen) atoms. The number of carbonyl (C=O) groups is 3. The number of carbonyl (C=O) groups excluding carboxylic acids is 3. The molecule has 0 spiro atoms. The van der Waals surface area contributed by atoms with Gasteiger partial charge in [0.1, 0.15) is 13.2 Å². The molecule has 6 heteroatoms. The predicted molar refractivity (Wildman–Crippen MR) is 343 cm³/mol. The summed E-state index contributed by atoms with van der Waals surface area (Å²) in [6.07, 6.45) is 92.0. The Labute approximate surface area is 488 Å².